The van der Waals surface area contributed by atoms with Crippen molar-refractivity contribution < 1.29 is 45.1 Å². The number of oxime groups is 1. The Morgan fingerprint density at radius 2 is 2.15 bits per heavy atom. The molecule has 0 fully saturated rings. The molecular weight excluding hydrogens is 682 g/mol. The van der Waals surface area contributed by atoms with E-state index in [1.165, 1.54) is 6.21 Å². The third-order valence-corrected chi connectivity index (χ3v) is 1.22. The molecule has 1 N–H and O–H groups in total. The molecule has 0 saturated heterocycles. The molecule has 0 unspecified atom stereocenters. The van der Waals surface area contributed by atoms with E-state index in [2.05, 4.69) is 17.3 Å². The van der Waals surface area contributed by atoms with Crippen molar-refractivity contribution in [3.8, 4) is 0 Å². The first-order valence-electron chi connectivity index (χ1n) is 2.90. The van der Waals surface area contributed by atoms with Crippen molar-refractivity contribution in [2.75, 3.05) is 0 Å². The molecule has 0 aliphatic rings. The summed E-state index contributed by atoms with van der Waals surface area (Å²) in [6.07, 6.45) is 1.35. The van der Waals surface area contributed by atoms with Gasteiger partial charge in [0, 0.05) is 46.1 Å². The Bertz CT molecular complexity index is 258. The second-order valence-electron chi connectivity index (χ2n) is 1.94. The fraction of sp³-hybridized carbons (Fsp3) is 0.125. The van der Waals surface area contributed by atoms with Crippen molar-refractivity contribution >= 4 is 6.21 Å². The average Bonchev–Trinajstić information content (AvgIpc) is 1.94. The van der Waals surface area contributed by atoms with Gasteiger partial charge in [-0.1, -0.05) is 0 Å². The van der Waals surface area contributed by atoms with Crippen molar-refractivity contribution in [2.45, 2.75) is 6.92 Å². The van der Waals surface area contributed by atoms with Crippen LogP contribution in [0.25, 0.3) is 0 Å². The van der Waals surface area contributed by atoms with Crippen molar-refractivity contribution in [1.82, 2.24) is 0 Å². The fourth-order valence-electron chi connectivity index (χ4n) is 0.674. The minimum Gasteiger partial charge on any atom is -0.411 e. The SMILES string of the molecule is Cc1c[c-]c[c-]c1/C=N\O.[Re].[Rf].[Rh]. The van der Waals surface area contributed by atoms with Crippen LogP contribution in [0.3, 0.4) is 0 Å². The molecule has 0 spiro atoms. The van der Waals surface area contributed by atoms with Crippen LogP contribution in [-0.2, 0) is 39.9 Å². The summed E-state index contributed by atoms with van der Waals surface area (Å²) in [6.45, 7) is 1.91. The van der Waals surface area contributed by atoms with Gasteiger partial charge < -0.3 is 23.4 Å². The van der Waals surface area contributed by atoms with Gasteiger partial charge in [0.25, 0.3) is 0 Å². The van der Waals surface area contributed by atoms with Crippen LogP contribution in [-0.4, -0.2) is 11.4 Å². The van der Waals surface area contributed by atoms with Crippen LogP contribution < -0.4 is 0 Å². The normalized spacial score (nSPS) is 8.08. The Morgan fingerprint density at radius 3 is 2.62 bits per heavy atom. The largest absolute Gasteiger partial charge is 0.411 e. The summed E-state index contributed by atoms with van der Waals surface area (Å²) in [4.78, 5) is 0. The molecule has 2 radical (unpaired) electrons. The summed E-state index contributed by atoms with van der Waals surface area (Å²) in [6, 6.07) is 9.20. The summed E-state index contributed by atoms with van der Waals surface area (Å²) in [5.41, 5.74) is 1.79. The van der Waals surface area contributed by atoms with Crippen molar-refractivity contribution in [1.29, 1.82) is 0 Å². The summed E-state index contributed by atoms with van der Waals surface area (Å²) in [7, 11) is 0. The summed E-state index contributed by atoms with van der Waals surface area (Å²) in [5.74, 6) is 0. The maximum absolute atomic E-state index is 8.18. The fourth-order valence-corrected chi connectivity index (χ4v) is 0.674. The van der Waals surface area contributed by atoms with Crippen LogP contribution >= 0.6 is 0 Å². The monoisotopic (exact) mass is 690 g/mol. The molecular formula is C8H7NOReRfRh-2. The number of hydrogen-bond donors (Lipinski definition) is 1. The van der Waals surface area contributed by atoms with Crippen LogP contribution in [0, 0.1) is 19.1 Å². The van der Waals surface area contributed by atoms with Crippen LogP contribution in [0.5, 0.6) is 0 Å². The first-order chi connectivity index (χ1) is 4.84. The number of aryl methyl sites for hydroxylation is 1. The van der Waals surface area contributed by atoms with Crippen molar-refractivity contribution in [2.24, 2.45) is 5.16 Å². The van der Waals surface area contributed by atoms with E-state index in [4.69, 9.17) is 5.21 Å². The maximum atomic E-state index is 8.18. The first kappa shape index (κ1) is 17.9. The Kier molecular flexibility index (Phi) is 12.5. The minimum atomic E-state index is 0. The maximum Gasteiger partial charge on any atom is 0.0268 e. The van der Waals surface area contributed by atoms with E-state index in [0.717, 1.165) is 11.1 Å². The van der Waals surface area contributed by atoms with E-state index < -0.39 is 0 Å². The van der Waals surface area contributed by atoms with E-state index in [1.54, 1.807) is 6.07 Å². The van der Waals surface area contributed by atoms with Gasteiger partial charge in [0.15, 0.2) is 0 Å². The molecule has 1 rings (SSSR count). The smallest absolute Gasteiger partial charge is 0.0268 e. The Hall–Kier alpha value is -1.02. The Morgan fingerprint density at radius 1 is 1.54 bits per heavy atom. The molecule has 0 aromatic heterocycles. The van der Waals surface area contributed by atoms with Crippen molar-refractivity contribution in [3.05, 3.63) is 35.4 Å². The topological polar surface area (TPSA) is 32.6 Å². The van der Waals surface area contributed by atoms with Crippen LogP contribution in [0.15, 0.2) is 17.3 Å². The Labute approximate surface area is 98.5 Å². The zero-order valence-corrected chi connectivity index (χ0v) is 17.8. The van der Waals surface area contributed by atoms with E-state index in [0.29, 0.717) is 0 Å². The van der Waals surface area contributed by atoms with Gasteiger partial charge in [0.1, 0.15) is 0 Å². The van der Waals surface area contributed by atoms with Crippen LogP contribution in [0.4, 0.5) is 0 Å². The second kappa shape index (κ2) is 9.07. The van der Waals surface area contributed by atoms with E-state index in [9.17, 15) is 0 Å². The summed E-state index contributed by atoms with van der Waals surface area (Å²) < 4.78 is 0. The summed E-state index contributed by atoms with van der Waals surface area (Å²) in [5, 5.41) is 11.1. The number of rotatable bonds is 1. The summed E-state index contributed by atoms with van der Waals surface area (Å²) >= 11 is 0. The molecule has 5 heteroatoms. The molecule has 0 amide bonds. The average molecular weight is 689 g/mol. The van der Waals surface area contributed by atoms with Crippen molar-refractivity contribution in [3.63, 3.8) is 0 Å². The van der Waals surface area contributed by atoms with E-state index in [-0.39, 0.29) is 39.9 Å². The van der Waals surface area contributed by atoms with Gasteiger partial charge in [-0.05, 0) is 0 Å². The molecule has 0 heterocycles. The molecule has 0 bridgehead atoms. The van der Waals surface area contributed by atoms with Crippen LogP contribution in [0.2, 0.25) is 0 Å². The third kappa shape index (κ3) is 5.25. The Balaban J connectivity index is -0.000000333. The van der Waals surface area contributed by atoms with Gasteiger partial charge in [-0.3, -0.25) is 11.6 Å². The number of nitrogens with zero attached hydrogens (tertiary/aromatic N) is 1. The number of hydrogen-bond acceptors (Lipinski definition) is 2. The second-order valence-corrected chi connectivity index (χ2v) is 1.94. The quantitative estimate of drug-likeness (QED) is 0.157. The first-order valence-corrected chi connectivity index (χ1v) is 2.90. The molecule has 0 saturated carbocycles. The van der Waals surface area contributed by atoms with Gasteiger partial charge in [0.2, 0.25) is 0 Å². The van der Waals surface area contributed by atoms with E-state index in [1.807, 2.05) is 13.0 Å². The van der Waals surface area contributed by atoms with Gasteiger partial charge in [0.05, 0.1) is 0 Å². The molecule has 2 nitrogen and oxygen atoms in total. The van der Waals surface area contributed by atoms with Crippen LogP contribution in [0.1, 0.15) is 11.1 Å². The molecule has 0 aliphatic heterocycles. The predicted molar refractivity (Wildman–Crippen MR) is 38.2 cm³/mol. The molecule has 1 aromatic rings. The zero-order chi connectivity index (χ0) is 7.40. The van der Waals surface area contributed by atoms with Gasteiger partial charge >= 0.3 is 0 Å². The standard InChI is InChI=1S/C8H7NO.Re.Rf.Rh/c1-7-4-2-3-5-8(7)6-9-10;;;/h3-4,6,10H,1H3;;;/q-2;;;/b9-6-;;;. The minimum absolute atomic E-state index is 0. The molecule has 0 aliphatic carbocycles. The molecule has 70 valence electrons. The molecule has 1 aromatic carbocycles. The molecule has 13 heavy (non-hydrogen) atoms. The van der Waals surface area contributed by atoms with Gasteiger partial charge in [-0.15, -0.1) is 12.1 Å². The zero-order valence-electron chi connectivity index (χ0n) is 7.04. The number of benzene rings is 1. The van der Waals surface area contributed by atoms with E-state index >= 15 is 0 Å². The predicted octanol–water partition coefficient (Wildman–Crippen LogP) is 1.40. The van der Waals surface area contributed by atoms with Gasteiger partial charge in [-0.2, -0.15) is 0 Å². The third-order valence-electron chi connectivity index (χ3n) is 1.22. The van der Waals surface area contributed by atoms with Gasteiger partial charge in [-0.25, -0.2) is 5.56 Å². The molecule has 0 atom stereocenters.